The summed E-state index contributed by atoms with van der Waals surface area (Å²) in [5, 5.41) is 0. The predicted octanol–water partition coefficient (Wildman–Crippen LogP) is 1.65. The van der Waals surface area contributed by atoms with Gasteiger partial charge in [0.15, 0.2) is 0 Å². The fourth-order valence-corrected chi connectivity index (χ4v) is 3.84. The summed E-state index contributed by atoms with van der Waals surface area (Å²) in [6.45, 7) is 6.84. The van der Waals surface area contributed by atoms with Gasteiger partial charge in [0.1, 0.15) is 0 Å². The zero-order valence-electron chi connectivity index (χ0n) is 5.60. The van der Waals surface area contributed by atoms with Crippen molar-refractivity contribution in [1.82, 2.24) is 0 Å². The number of rotatable bonds is 0. The Hall–Kier alpha value is 0.428. The molecule has 44 valence electrons. The average molecular weight is 217 g/mol. The zero-order chi connectivity index (χ0) is 6.15. The van der Waals surface area contributed by atoms with Crippen molar-refractivity contribution in [3.63, 3.8) is 0 Å². The molecule has 0 bridgehead atoms. The van der Waals surface area contributed by atoms with E-state index in [-0.39, 0.29) is 21.1 Å². The monoisotopic (exact) mass is 216 g/mol. The van der Waals surface area contributed by atoms with Gasteiger partial charge in [-0.25, -0.2) is 0 Å². The summed E-state index contributed by atoms with van der Waals surface area (Å²) in [5.74, 6) is 0. The Bertz CT molecular complexity index is 154. The van der Waals surface area contributed by atoms with Crippen LogP contribution in [0.3, 0.4) is 0 Å². The fourth-order valence-electron chi connectivity index (χ4n) is 0.767. The summed E-state index contributed by atoms with van der Waals surface area (Å²) in [6, 6.07) is 0. The molecule has 1 aliphatic rings. The van der Waals surface area contributed by atoms with Crippen molar-refractivity contribution in [1.29, 1.82) is 0 Å². The molecule has 1 aliphatic heterocycles. The van der Waals surface area contributed by atoms with E-state index in [2.05, 4.69) is 24.7 Å². The first-order chi connectivity index (χ1) is 3.72. The van der Waals surface area contributed by atoms with Crippen molar-refractivity contribution < 1.29 is 0 Å². The molecule has 0 aliphatic carbocycles. The molecule has 1 atom stereocenters. The Kier molecular flexibility index (Phi) is 1.92. The van der Waals surface area contributed by atoms with E-state index in [9.17, 15) is 0 Å². The molecule has 1 heterocycles. The topological polar surface area (TPSA) is 0 Å². The molecule has 0 aromatic heterocycles. The zero-order valence-corrected chi connectivity index (χ0v) is 8.15. The minimum absolute atomic E-state index is 0.0866. The molecular weight excluding hydrogens is 206 g/mol. The molecule has 8 heavy (non-hydrogen) atoms. The fraction of sp³-hybridized carbons (Fsp3) is 0.571. The molecule has 0 spiro atoms. The Labute approximate surface area is 61.0 Å². The second-order valence-corrected chi connectivity index (χ2v) is 6.12. The molecule has 1 heteroatoms. The third kappa shape index (κ3) is 1.05. The summed E-state index contributed by atoms with van der Waals surface area (Å²) in [7, 11) is 0. The molecule has 1 rings (SSSR count). The first kappa shape index (κ1) is 6.55. The molecule has 0 radical (unpaired) electrons. The quantitative estimate of drug-likeness (QED) is 0.541. The van der Waals surface area contributed by atoms with Gasteiger partial charge >= 0.3 is 60.9 Å². The van der Waals surface area contributed by atoms with E-state index in [0.29, 0.717) is 0 Å². The molecule has 0 N–H and O–H groups in total. The third-order valence-electron chi connectivity index (χ3n) is 1.74. The van der Waals surface area contributed by atoms with Crippen LogP contribution in [-0.2, 0) is 0 Å². The number of hydrogen-bond donors (Lipinski definition) is 0. The van der Waals surface area contributed by atoms with Crippen molar-refractivity contribution >= 4 is 25.1 Å². The second kappa shape index (κ2) is 2.35. The second-order valence-electron chi connectivity index (χ2n) is 2.32. The summed E-state index contributed by atoms with van der Waals surface area (Å²) >= 11 is 0.0866. The van der Waals surface area contributed by atoms with Gasteiger partial charge in [-0.3, -0.25) is 0 Å². The van der Waals surface area contributed by atoms with Crippen molar-refractivity contribution in [3.05, 3.63) is 11.1 Å². The van der Waals surface area contributed by atoms with E-state index < -0.39 is 0 Å². The van der Waals surface area contributed by atoms with Crippen LogP contribution in [0.5, 0.6) is 0 Å². The van der Waals surface area contributed by atoms with Crippen molar-refractivity contribution in [3.8, 4) is 0 Å². The third-order valence-corrected chi connectivity index (χ3v) is 5.65. The van der Waals surface area contributed by atoms with E-state index in [1.54, 1.807) is 11.1 Å². The maximum atomic E-state index is 2.47. The standard InChI is InChI=1S/C7H11.Sb/c1-5-7(4)6(2)3;/h2,5H,1,3-4H3;. The van der Waals surface area contributed by atoms with Gasteiger partial charge in [0, 0.05) is 0 Å². The molecular formula is C7H11Sb. The van der Waals surface area contributed by atoms with Crippen molar-refractivity contribution in [2.75, 3.05) is 0 Å². The average Bonchev–Trinajstić information content (AvgIpc) is 1.98. The van der Waals surface area contributed by atoms with Crippen LogP contribution < -0.4 is 0 Å². The van der Waals surface area contributed by atoms with Gasteiger partial charge in [-0.2, -0.15) is 0 Å². The van der Waals surface area contributed by atoms with Crippen molar-refractivity contribution in [2.24, 2.45) is 0 Å². The van der Waals surface area contributed by atoms with E-state index in [1.807, 2.05) is 0 Å². The molecule has 0 saturated heterocycles. The Morgan fingerprint density at radius 3 is 2.25 bits per heavy atom. The van der Waals surface area contributed by atoms with E-state index in [0.717, 1.165) is 3.86 Å². The first-order valence-corrected chi connectivity index (χ1v) is 5.87. The normalized spacial score (nSPS) is 27.6. The van der Waals surface area contributed by atoms with Gasteiger partial charge in [-0.05, 0) is 0 Å². The van der Waals surface area contributed by atoms with E-state index >= 15 is 0 Å². The number of hydrogen-bond acceptors (Lipinski definition) is 0. The summed E-state index contributed by atoms with van der Waals surface area (Å²) < 4.78 is 3.43. The minimum atomic E-state index is 0.0866. The first-order valence-electron chi connectivity index (χ1n) is 2.92. The predicted molar refractivity (Wildman–Crippen MR) is 39.6 cm³/mol. The molecule has 1 unspecified atom stereocenters. The van der Waals surface area contributed by atoms with Crippen LogP contribution in [0.1, 0.15) is 20.8 Å². The Morgan fingerprint density at radius 1 is 1.50 bits per heavy atom. The van der Waals surface area contributed by atoms with Crippen LogP contribution in [0.25, 0.3) is 0 Å². The van der Waals surface area contributed by atoms with Gasteiger partial charge in [0.05, 0.1) is 0 Å². The van der Waals surface area contributed by atoms with Crippen LogP contribution in [0.2, 0.25) is 3.86 Å². The molecule has 0 aromatic carbocycles. The van der Waals surface area contributed by atoms with Crippen LogP contribution >= 0.6 is 0 Å². The summed E-state index contributed by atoms with van der Waals surface area (Å²) in [5.41, 5.74) is 3.21. The van der Waals surface area contributed by atoms with Gasteiger partial charge in [0.25, 0.3) is 0 Å². The summed E-state index contributed by atoms with van der Waals surface area (Å²) in [6.07, 6.45) is 0. The van der Waals surface area contributed by atoms with E-state index in [4.69, 9.17) is 0 Å². The Balaban J connectivity index is 2.85. The molecule has 0 fully saturated rings. The van der Waals surface area contributed by atoms with Crippen LogP contribution in [0.4, 0.5) is 0 Å². The molecule has 0 saturated carbocycles. The van der Waals surface area contributed by atoms with Gasteiger partial charge < -0.3 is 0 Å². The summed E-state index contributed by atoms with van der Waals surface area (Å²) in [4.78, 5) is 0. The van der Waals surface area contributed by atoms with Gasteiger partial charge in [0.2, 0.25) is 0 Å². The molecule has 0 nitrogen and oxygen atoms in total. The van der Waals surface area contributed by atoms with Crippen LogP contribution in [0, 0.1) is 0 Å². The van der Waals surface area contributed by atoms with Crippen LogP contribution in [-0.4, -0.2) is 25.1 Å². The maximum absolute atomic E-state index is 2.47. The van der Waals surface area contributed by atoms with Crippen LogP contribution in [0.15, 0.2) is 11.1 Å². The SMILES string of the molecule is CC1=C(C)[CH](C)[Sb]=[CH]1. The number of allylic oxidation sites excluding steroid dienone is 2. The Morgan fingerprint density at radius 2 is 2.12 bits per heavy atom. The van der Waals surface area contributed by atoms with Crippen molar-refractivity contribution in [2.45, 2.75) is 24.6 Å². The molecule has 0 aromatic rings. The van der Waals surface area contributed by atoms with E-state index in [1.165, 1.54) is 0 Å². The van der Waals surface area contributed by atoms with Gasteiger partial charge in [-0.15, -0.1) is 0 Å². The van der Waals surface area contributed by atoms with Gasteiger partial charge in [-0.1, -0.05) is 0 Å². The molecule has 0 amide bonds.